The molecule has 1 N–H and O–H groups in total. The quantitative estimate of drug-likeness (QED) is 0.816. The molecular formula is C21H26O6. The van der Waals surface area contributed by atoms with Gasteiger partial charge in [-0.15, -0.1) is 0 Å². The lowest BCUT2D eigenvalue weighted by atomic mass is 9.39. The molecule has 2 bridgehead atoms. The number of ether oxygens (including phenoxy) is 3. The van der Waals surface area contributed by atoms with Crippen LogP contribution in [-0.2, 0) is 19.0 Å². The maximum Gasteiger partial charge on any atom is 0.338 e. The zero-order valence-electron chi connectivity index (χ0n) is 16.2. The number of hydrogen-bond acceptors (Lipinski definition) is 6. The van der Waals surface area contributed by atoms with Crippen LogP contribution in [0.4, 0.5) is 0 Å². The maximum absolute atomic E-state index is 13.0. The molecule has 4 rings (SSSR count). The molecule has 2 aliphatic carbocycles. The number of carbonyl (C=O) groups excluding carboxylic acids is 2. The second kappa shape index (κ2) is 5.32. The monoisotopic (exact) mass is 374 g/mol. The zero-order chi connectivity index (χ0) is 19.7. The van der Waals surface area contributed by atoms with Gasteiger partial charge in [-0.1, -0.05) is 18.2 Å². The number of benzene rings is 1. The molecule has 0 spiro atoms. The summed E-state index contributed by atoms with van der Waals surface area (Å²) in [5, 5.41) is 11.2. The smallest absolute Gasteiger partial charge is 0.338 e. The van der Waals surface area contributed by atoms with Crippen LogP contribution in [0.25, 0.3) is 0 Å². The van der Waals surface area contributed by atoms with Crippen LogP contribution in [0.2, 0.25) is 0 Å². The van der Waals surface area contributed by atoms with E-state index in [1.54, 1.807) is 30.3 Å². The molecular weight excluding hydrogens is 348 g/mol. The summed E-state index contributed by atoms with van der Waals surface area (Å²) >= 11 is 0. The van der Waals surface area contributed by atoms with Gasteiger partial charge >= 0.3 is 11.9 Å². The third kappa shape index (κ3) is 2.20. The Bertz CT molecular complexity index is 799. The minimum atomic E-state index is -1.40. The summed E-state index contributed by atoms with van der Waals surface area (Å²) in [5.41, 5.74) is -4.71. The second-order valence-corrected chi connectivity index (χ2v) is 9.22. The molecule has 0 radical (unpaired) electrons. The molecule has 2 saturated carbocycles. The Morgan fingerprint density at radius 3 is 2.52 bits per heavy atom. The van der Waals surface area contributed by atoms with Crippen molar-refractivity contribution in [1.82, 2.24) is 0 Å². The van der Waals surface area contributed by atoms with Gasteiger partial charge in [0, 0.05) is 6.42 Å². The van der Waals surface area contributed by atoms with E-state index in [-0.39, 0.29) is 6.61 Å². The van der Waals surface area contributed by atoms with Crippen molar-refractivity contribution in [2.24, 2.45) is 5.41 Å². The molecule has 1 aromatic carbocycles. The van der Waals surface area contributed by atoms with Crippen LogP contribution in [0.3, 0.4) is 0 Å². The van der Waals surface area contributed by atoms with E-state index < -0.39 is 39.8 Å². The molecule has 1 saturated heterocycles. The molecule has 27 heavy (non-hydrogen) atoms. The summed E-state index contributed by atoms with van der Waals surface area (Å²) < 4.78 is 17.7. The van der Waals surface area contributed by atoms with Gasteiger partial charge in [-0.25, -0.2) is 4.79 Å². The summed E-state index contributed by atoms with van der Waals surface area (Å²) in [6.07, 6.45) is 1.22. The Morgan fingerprint density at radius 2 is 1.89 bits per heavy atom. The molecule has 6 nitrogen and oxygen atoms in total. The van der Waals surface area contributed by atoms with Crippen molar-refractivity contribution in [1.29, 1.82) is 0 Å². The Hall–Kier alpha value is -1.92. The summed E-state index contributed by atoms with van der Waals surface area (Å²) in [7, 11) is 0. The number of hydrogen-bond donors (Lipinski definition) is 1. The van der Waals surface area contributed by atoms with E-state index in [0.29, 0.717) is 24.8 Å². The number of rotatable bonds is 4. The Kier molecular flexibility index (Phi) is 3.64. The molecule has 1 aliphatic heterocycles. The zero-order valence-corrected chi connectivity index (χ0v) is 16.2. The molecule has 1 aromatic rings. The van der Waals surface area contributed by atoms with Crippen molar-refractivity contribution in [3.8, 4) is 0 Å². The molecule has 1 heterocycles. The first kappa shape index (κ1) is 18.4. The first-order chi connectivity index (χ1) is 12.5. The minimum Gasteiger partial charge on any atom is -0.461 e. The predicted octanol–water partition coefficient (Wildman–Crippen LogP) is 2.63. The van der Waals surface area contributed by atoms with Crippen LogP contribution in [0, 0.1) is 5.41 Å². The summed E-state index contributed by atoms with van der Waals surface area (Å²) in [4.78, 5) is 25.5. The topological polar surface area (TPSA) is 82.1 Å². The first-order valence-corrected chi connectivity index (χ1v) is 9.37. The van der Waals surface area contributed by atoms with Crippen LogP contribution in [0.15, 0.2) is 30.3 Å². The SMILES string of the molecule is CC(C)(C)O[C@@]12CC3(O)CC[C@]1(C)OC(=O)C32COC(=O)c1ccccc1. The molecule has 146 valence electrons. The lowest BCUT2D eigenvalue weighted by molar-refractivity contribution is -0.369. The summed E-state index contributed by atoms with van der Waals surface area (Å²) in [5.74, 6) is -1.08. The predicted molar refractivity (Wildman–Crippen MR) is 96.0 cm³/mol. The van der Waals surface area contributed by atoms with E-state index in [2.05, 4.69) is 0 Å². The average molecular weight is 374 g/mol. The maximum atomic E-state index is 13.0. The minimum absolute atomic E-state index is 0.262. The van der Waals surface area contributed by atoms with Gasteiger partial charge in [0.05, 0.1) is 16.8 Å². The van der Waals surface area contributed by atoms with Crippen LogP contribution in [0.5, 0.6) is 0 Å². The average Bonchev–Trinajstić information content (AvgIpc) is 2.66. The van der Waals surface area contributed by atoms with Crippen molar-refractivity contribution in [3.05, 3.63) is 35.9 Å². The van der Waals surface area contributed by atoms with Gasteiger partial charge in [-0.05, 0) is 52.7 Å². The van der Waals surface area contributed by atoms with Gasteiger partial charge in [0.15, 0.2) is 5.41 Å². The highest BCUT2D eigenvalue weighted by molar-refractivity contribution is 5.91. The van der Waals surface area contributed by atoms with Crippen molar-refractivity contribution >= 4 is 11.9 Å². The largest absolute Gasteiger partial charge is 0.461 e. The van der Waals surface area contributed by atoms with E-state index in [4.69, 9.17) is 14.2 Å². The number of aliphatic hydroxyl groups is 1. The normalized spacial score (nSPS) is 39.5. The standard InChI is InChI=1S/C21H26O6/c1-17(2,3)27-21-12-19(24)11-10-18(21,4)26-16(23)20(19,21)13-25-15(22)14-8-6-5-7-9-14/h5-9,24H,10-13H2,1-4H3/t18-,19?,20?,21-/m0/s1. The Balaban J connectivity index is 1.69. The van der Waals surface area contributed by atoms with Crippen molar-refractivity contribution in [2.45, 2.75) is 69.4 Å². The fourth-order valence-corrected chi connectivity index (χ4v) is 5.25. The summed E-state index contributed by atoms with van der Waals surface area (Å²) in [6, 6.07) is 8.58. The van der Waals surface area contributed by atoms with E-state index in [0.717, 1.165) is 0 Å². The Labute approximate surface area is 158 Å². The van der Waals surface area contributed by atoms with Crippen molar-refractivity contribution in [3.63, 3.8) is 0 Å². The van der Waals surface area contributed by atoms with Gasteiger partial charge in [-0.3, -0.25) is 4.79 Å². The number of fused-ring (bicyclic) bond motifs is 2. The molecule has 4 atom stereocenters. The molecule has 2 unspecified atom stereocenters. The van der Waals surface area contributed by atoms with Gasteiger partial charge in [-0.2, -0.15) is 0 Å². The van der Waals surface area contributed by atoms with Crippen LogP contribution in [-0.4, -0.2) is 46.1 Å². The Morgan fingerprint density at radius 1 is 1.22 bits per heavy atom. The second-order valence-electron chi connectivity index (χ2n) is 9.22. The molecule has 0 aromatic heterocycles. The van der Waals surface area contributed by atoms with Gasteiger partial charge in [0.2, 0.25) is 0 Å². The number of carbonyl (C=O) groups is 2. The van der Waals surface area contributed by atoms with Crippen LogP contribution >= 0.6 is 0 Å². The lowest BCUT2D eigenvalue weighted by Crippen LogP contribution is -2.84. The highest BCUT2D eigenvalue weighted by Crippen LogP contribution is 2.75. The highest BCUT2D eigenvalue weighted by Gasteiger charge is 2.92. The molecule has 3 aliphatic rings. The highest BCUT2D eigenvalue weighted by atomic mass is 16.6. The van der Waals surface area contributed by atoms with Crippen molar-refractivity contribution in [2.75, 3.05) is 6.61 Å². The van der Waals surface area contributed by atoms with E-state index in [1.807, 2.05) is 27.7 Å². The fourth-order valence-electron chi connectivity index (χ4n) is 5.25. The van der Waals surface area contributed by atoms with Crippen LogP contribution < -0.4 is 0 Å². The number of esters is 2. The molecule has 6 heteroatoms. The lowest BCUT2D eigenvalue weighted by Gasteiger charge is -2.69. The fraction of sp³-hybridized carbons (Fsp3) is 0.619. The van der Waals surface area contributed by atoms with E-state index in [1.165, 1.54) is 0 Å². The molecule has 0 amide bonds. The van der Waals surface area contributed by atoms with Crippen LogP contribution in [0.1, 0.15) is 57.3 Å². The van der Waals surface area contributed by atoms with Gasteiger partial charge in [0.1, 0.15) is 17.8 Å². The van der Waals surface area contributed by atoms with E-state index >= 15 is 0 Å². The third-order valence-electron chi connectivity index (χ3n) is 6.47. The first-order valence-electron chi connectivity index (χ1n) is 9.37. The summed E-state index contributed by atoms with van der Waals surface area (Å²) in [6.45, 7) is 7.32. The van der Waals surface area contributed by atoms with E-state index in [9.17, 15) is 14.7 Å². The third-order valence-corrected chi connectivity index (χ3v) is 6.47. The molecule has 3 fully saturated rings. The van der Waals surface area contributed by atoms with Gasteiger partial charge in [0.25, 0.3) is 0 Å². The van der Waals surface area contributed by atoms with Crippen molar-refractivity contribution < 1.29 is 28.9 Å². The van der Waals surface area contributed by atoms with Gasteiger partial charge < -0.3 is 19.3 Å².